The van der Waals surface area contributed by atoms with Gasteiger partial charge in [-0.2, -0.15) is 0 Å². The van der Waals surface area contributed by atoms with Gasteiger partial charge in [0.1, 0.15) is 5.75 Å². The van der Waals surface area contributed by atoms with E-state index in [-0.39, 0.29) is 11.5 Å². The van der Waals surface area contributed by atoms with Crippen LogP contribution < -0.4 is 24.6 Å². The number of hydrogen-bond donors (Lipinski definition) is 2. The second-order valence-corrected chi connectivity index (χ2v) is 8.40. The Morgan fingerprint density at radius 1 is 0.895 bits per heavy atom. The number of ether oxygens (including phenoxy) is 3. The van der Waals surface area contributed by atoms with E-state index >= 15 is 0 Å². The molecule has 38 heavy (non-hydrogen) atoms. The van der Waals surface area contributed by atoms with Crippen LogP contribution in [0.25, 0.3) is 11.6 Å². The Morgan fingerprint density at radius 3 is 2.24 bits per heavy atom. The number of anilines is 1. The summed E-state index contributed by atoms with van der Waals surface area (Å²) in [6.07, 6.45) is 4.52. The molecule has 1 aromatic heterocycles. The number of carbonyl (C=O) groups is 2. The van der Waals surface area contributed by atoms with E-state index < -0.39 is 5.91 Å². The third kappa shape index (κ3) is 5.84. The lowest BCUT2D eigenvalue weighted by atomic mass is 10.0. The summed E-state index contributed by atoms with van der Waals surface area (Å²) in [6.45, 7) is 1.93. The number of hydroxylamine groups is 1. The number of aromatic nitrogens is 2. The molecule has 0 spiro atoms. The van der Waals surface area contributed by atoms with Crippen molar-refractivity contribution < 1.29 is 29.0 Å². The van der Waals surface area contributed by atoms with Gasteiger partial charge in [0, 0.05) is 44.1 Å². The number of piperazine rings is 1. The largest absolute Gasteiger partial charge is 0.497 e. The lowest BCUT2D eigenvalue weighted by Gasteiger charge is -2.35. The molecule has 2 N–H and O–H groups in total. The number of rotatable bonds is 8. The van der Waals surface area contributed by atoms with Crippen LogP contribution in [0.3, 0.4) is 0 Å². The quantitative estimate of drug-likeness (QED) is 0.200. The van der Waals surface area contributed by atoms with Crippen molar-refractivity contribution in [2.24, 2.45) is 0 Å². The van der Waals surface area contributed by atoms with Gasteiger partial charge in [0.05, 0.1) is 26.9 Å². The van der Waals surface area contributed by atoms with Crippen molar-refractivity contribution in [3.63, 3.8) is 0 Å². The van der Waals surface area contributed by atoms with E-state index in [0.29, 0.717) is 54.9 Å². The topological polar surface area (TPSA) is 126 Å². The molecule has 198 valence electrons. The van der Waals surface area contributed by atoms with Gasteiger partial charge in [0.25, 0.3) is 11.8 Å². The fourth-order valence-electron chi connectivity index (χ4n) is 4.11. The highest BCUT2D eigenvalue weighted by Crippen LogP contribution is 2.31. The monoisotopic (exact) mass is 519 g/mol. The van der Waals surface area contributed by atoms with E-state index in [0.717, 1.165) is 11.1 Å². The highest BCUT2D eigenvalue weighted by atomic mass is 16.5. The van der Waals surface area contributed by atoms with Crippen molar-refractivity contribution in [3.05, 3.63) is 71.5 Å². The predicted molar refractivity (Wildman–Crippen MR) is 140 cm³/mol. The second kappa shape index (κ2) is 12.1. The van der Waals surface area contributed by atoms with E-state index in [2.05, 4.69) is 9.97 Å². The van der Waals surface area contributed by atoms with Crippen LogP contribution in [0, 0.1) is 0 Å². The minimum absolute atomic E-state index is 0.122. The highest BCUT2D eigenvalue weighted by molar-refractivity contribution is 6.24. The van der Waals surface area contributed by atoms with Crippen molar-refractivity contribution in [2.45, 2.75) is 0 Å². The molecule has 0 unspecified atom stereocenters. The van der Waals surface area contributed by atoms with Gasteiger partial charge in [-0.25, -0.2) is 15.4 Å². The standard InChI is InChI=1S/C27H29N5O6/c1-36-21-6-4-5-19(15-21)22(13-18-7-8-23(37-2)24(14-18)38-3)26(34)31-9-11-32(12-10-31)27-28-16-20(17-29-27)25(33)30-35/h4-8,13-17,35H,9-12H2,1-3H3,(H,30,33)/b22-13+. The molecule has 0 saturated carbocycles. The summed E-state index contributed by atoms with van der Waals surface area (Å²) in [7, 11) is 4.73. The molecule has 2 amide bonds. The van der Waals surface area contributed by atoms with E-state index in [1.807, 2.05) is 47.4 Å². The van der Waals surface area contributed by atoms with Gasteiger partial charge >= 0.3 is 0 Å². The van der Waals surface area contributed by atoms with Gasteiger partial charge in [-0.05, 0) is 41.5 Å². The molecule has 2 aromatic carbocycles. The van der Waals surface area contributed by atoms with Gasteiger partial charge < -0.3 is 24.0 Å². The number of carbonyl (C=O) groups excluding carboxylic acids is 2. The molecule has 1 fully saturated rings. The Morgan fingerprint density at radius 2 is 1.61 bits per heavy atom. The first-order valence-electron chi connectivity index (χ1n) is 11.9. The highest BCUT2D eigenvalue weighted by Gasteiger charge is 2.26. The fraction of sp³-hybridized carbons (Fsp3) is 0.259. The van der Waals surface area contributed by atoms with Crippen LogP contribution in [-0.2, 0) is 4.79 Å². The fourth-order valence-corrected chi connectivity index (χ4v) is 4.11. The van der Waals surface area contributed by atoms with Gasteiger partial charge in [-0.1, -0.05) is 18.2 Å². The zero-order valence-corrected chi connectivity index (χ0v) is 21.4. The maximum Gasteiger partial charge on any atom is 0.277 e. The van der Waals surface area contributed by atoms with Gasteiger partial charge in [0.15, 0.2) is 11.5 Å². The molecule has 0 atom stereocenters. The molecule has 1 aliphatic rings. The number of nitrogens with zero attached hydrogens (tertiary/aromatic N) is 4. The van der Waals surface area contributed by atoms with Crippen LogP contribution in [0.2, 0.25) is 0 Å². The Bertz CT molecular complexity index is 1320. The SMILES string of the molecule is COc1cccc(/C(=C\c2ccc(OC)c(OC)c2)C(=O)N2CCN(c3ncc(C(=O)NO)cn3)CC2)c1. The Kier molecular flexibility index (Phi) is 8.39. The van der Waals surface area contributed by atoms with Crippen molar-refractivity contribution in [3.8, 4) is 17.2 Å². The minimum atomic E-state index is -0.682. The predicted octanol–water partition coefficient (Wildman–Crippen LogP) is 2.51. The maximum absolute atomic E-state index is 13.8. The zero-order valence-electron chi connectivity index (χ0n) is 21.4. The number of amides is 2. The number of methoxy groups -OCH3 is 3. The third-order valence-corrected chi connectivity index (χ3v) is 6.18. The summed E-state index contributed by atoms with van der Waals surface area (Å²) in [4.78, 5) is 37.5. The van der Waals surface area contributed by atoms with Crippen LogP contribution >= 0.6 is 0 Å². The van der Waals surface area contributed by atoms with Crippen molar-refractivity contribution in [2.75, 3.05) is 52.4 Å². The molecular formula is C27H29N5O6. The first-order valence-corrected chi connectivity index (χ1v) is 11.9. The summed E-state index contributed by atoms with van der Waals surface area (Å²) < 4.78 is 16.2. The Labute approximate surface area is 220 Å². The molecule has 3 aromatic rings. The molecule has 11 nitrogen and oxygen atoms in total. The molecule has 1 saturated heterocycles. The summed E-state index contributed by atoms with van der Waals surface area (Å²) >= 11 is 0. The molecule has 11 heteroatoms. The van der Waals surface area contributed by atoms with Gasteiger partial charge in [-0.3, -0.25) is 14.8 Å². The van der Waals surface area contributed by atoms with Crippen LogP contribution in [0.15, 0.2) is 54.9 Å². The lowest BCUT2D eigenvalue weighted by molar-refractivity contribution is -0.125. The van der Waals surface area contributed by atoms with Gasteiger partial charge in [0.2, 0.25) is 5.95 Å². The summed E-state index contributed by atoms with van der Waals surface area (Å²) in [5, 5.41) is 8.76. The van der Waals surface area contributed by atoms with E-state index in [1.165, 1.54) is 12.4 Å². The Balaban J connectivity index is 1.57. The first-order chi connectivity index (χ1) is 18.5. The van der Waals surface area contributed by atoms with Crippen LogP contribution in [0.5, 0.6) is 17.2 Å². The normalized spacial score (nSPS) is 13.6. The average molecular weight is 520 g/mol. The first kappa shape index (κ1) is 26.4. The number of benzene rings is 2. The smallest absolute Gasteiger partial charge is 0.277 e. The summed E-state index contributed by atoms with van der Waals surface area (Å²) in [5.74, 6) is 1.45. The molecule has 0 bridgehead atoms. The van der Waals surface area contributed by atoms with Crippen molar-refractivity contribution in [1.29, 1.82) is 0 Å². The lowest BCUT2D eigenvalue weighted by Crippen LogP contribution is -2.49. The maximum atomic E-state index is 13.8. The van der Waals surface area contributed by atoms with Crippen molar-refractivity contribution in [1.82, 2.24) is 20.3 Å². The molecule has 1 aliphatic heterocycles. The third-order valence-electron chi connectivity index (χ3n) is 6.18. The van der Waals surface area contributed by atoms with Crippen LogP contribution in [0.1, 0.15) is 21.5 Å². The average Bonchev–Trinajstić information content (AvgIpc) is 2.99. The van der Waals surface area contributed by atoms with Crippen molar-refractivity contribution >= 4 is 29.4 Å². The molecular weight excluding hydrogens is 490 g/mol. The Hall–Kier alpha value is -4.64. The van der Waals surface area contributed by atoms with Crippen LogP contribution in [-0.4, -0.2) is 79.4 Å². The van der Waals surface area contributed by atoms with E-state index in [4.69, 9.17) is 19.4 Å². The molecule has 0 radical (unpaired) electrons. The minimum Gasteiger partial charge on any atom is -0.497 e. The zero-order chi connectivity index (χ0) is 27.1. The number of nitrogens with one attached hydrogen (secondary N) is 1. The molecule has 4 rings (SSSR count). The molecule has 2 heterocycles. The van der Waals surface area contributed by atoms with Crippen LogP contribution in [0.4, 0.5) is 5.95 Å². The van der Waals surface area contributed by atoms with E-state index in [9.17, 15) is 9.59 Å². The summed E-state index contributed by atoms with van der Waals surface area (Å²) in [5.41, 5.74) is 3.73. The second-order valence-electron chi connectivity index (χ2n) is 8.40. The number of hydrogen-bond acceptors (Lipinski definition) is 9. The van der Waals surface area contributed by atoms with E-state index in [1.54, 1.807) is 37.8 Å². The summed E-state index contributed by atoms with van der Waals surface area (Å²) in [6, 6.07) is 12.9. The molecule has 0 aliphatic carbocycles. The van der Waals surface area contributed by atoms with Gasteiger partial charge in [-0.15, -0.1) is 0 Å².